The van der Waals surface area contributed by atoms with Gasteiger partial charge in [0.2, 0.25) is 0 Å². The molecule has 1 aliphatic heterocycles. The van der Waals surface area contributed by atoms with Crippen LogP contribution in [0, 0.1) is 0 Å². The van der Waals surface area contributed by atoms with Gasteiger partial charge in [-0.25, -0.2) is 0 Å². The Morgan fingerprint density at radius 2 is 2.31 bits per heavy atom. The van der Waals surface area contributed by atoms with Crippen LogP contribution in [0.25, 0.3) is 0 Å². The van der Waals surface area contributed by atoms with E-state index < -0.39 is 0 Å². The molecule has 5 heteroatoms. The Hall–Kier alpha value is 0.390. The molecule has 0 aromatic heterocycles. The lowest BCUT2D eigenvalue weighted by Gasteiger charge is -2.02. The molecule has 2 nitrogen and oxygen atoms in total. The summed E-state index contributed by atoms with van der Waals surface area (Å²) in [4.78, 5) is 0. The number of unbranched alkanes of at least 4 members (excludes halogenated alkanes) is 3. The highest BCUT2D eigenvalue weighted by Gasteiger charge is 2.16. The normalized spacial score (nSPS) is 21.3. The summed E-state index contributed by atoms with van der Waals surface area (Å²) in [6.45, 7) is 2.23. The van der Waals surface area contributed by atoms with Gasteiger partial charge >= 0.3 is 0 Å². The monoisotopic (exact) mass is 234 g/mol. The van der Waals surface area contributed by atoms with Crippen molar-refractivity contribution in [1.29, 1.82) is 0 Å². The lowest BCUT2D eigenvalue weighted by Crippen LogP contribution is -1.90. The zero-order valence-electron chi connectivity index (χ0n) is 7.73. The van der Waals surface area contributed by atoms with Crippen LogP contribution < -0.4 is 0 Å². The van der Waals surface area contributed by atoms with Gasteiger partial charge < -0.3 is 0 Å². The number of hydrogen-bond donors (Lipinski definition) is 0. The van der Waals surface area contributed by atoms with Crippen LogP contribution in [0.5, 0.6) is 0 Å². The number of nitrogens with zero attached hydrogens (tertiary/aromatic N) is 2. The van der Waals surface area contributed by atoms with E-state index in [1.807, 2.05) is 11.8 Å². The standard InChI is InChI=1S/C8H14N2S3/c1-2-3-4-5-6-12-8-10-9-7(11)13-8/h8H,2-6H2,1H3. The summed E-state index contributed by atoms with van der Waals surface area (Å²) in [6.07, 6.45) is 5.27. The topological polar surface area (TPSA) is 24.7 Å². The van der Waals surface area contributed by atoms with Gasteiger partial charge in [-0.1, -0.05) is 37.9 Å². The van der Waals surface area contributed by atoms with Gasteiger partial charge in [-0.15, -0.1) is 16.9 Å². The quantitative estimate of drug-likeness (QED) is 0.511. The highest BCUT2D eigenvalue weighted by molar-refractivity contribution is 8.30. The first kappa shape index (κ1) is 11.5. The van der Waals surface area contributed by atoms with Crippen LogP contribution >= 0.6 is 35.7 Å². The summed E-state index contributed by atoms with van der Waals surface area (Å²) >= 11 is 8.35. The molecule has 74 valence electrons. The molecule has 0 N–H and O–H groups in total. The molecule has 0 aromatic rings. The van der Waals surface area contributed by atoms with E-state index in [9.17, 15) is 0 Å². The van der Waals surface area contributed by atoms with E-state index in [1.54, 1.807) is 11.8 Å². The number of thioether (sulfide) groups is 2. The molecular formula is C8H14N2S3. The summed E-state index contributed by atoms with van der Waals surface area (Å²) < 4.78 is 0.931. The lowest BCUT2D eigenvalue weighted by atomic mass is 10.2. The van der Waals surface area contributed by atoms with E-state index in [4.69, 9.17) is 12.2 Å². The predicted octanol–water partition coefficient (Wildman–Crippen LogP) is 4.07. The minimum Gasteiger partial charge on any atom is -0.161 e. The zero-order chi connectivity index (χ0) is 9.52. The third-order valence-electron chi connectivity index (χ3n) is 1.69. The van der Waals surface area contributed by atoms with E-state index in [0.717, 1.165) is 0 Å². The molecule has 0 bridgehead atoms. The molecule has 0 fully saturated rings. The van der Waals surface area contributed by atoms with Crippen LogP contribution in [-0.2, 0) is 0 Å². The number of thiocarbonyl (C=S) groups is 1. The summed E-state index contributed by atoms with van der Waals surface area (Å²) in [6, 6.07) is 0. The molecule has 0 aliphatic carbocycles. The molecule has 1 rings (SSSR count). The molecular weight excluding hydrogens is 220 g/mol. The average molecular weight is 234 g/mol. The maximum atomic E-state index is 4.91. The van der Waals surface area contributed by atoms with Crippen molar-refractivity contribution in [1.82, 2.24) is 0 Å². The molecule has 0 spiro atoms. The van der Waals surface area contributed by atoms with Crippen LogP contribution in [-0.4, -0.2) is 14.8 Å². The fourth-order valence-electron chi connectivity index (χ4n) is 1.01. The van der Waals surface area contributed by atoms with E-state index in [0.29, 0.717) is 4.32 Å². The Morgan fingerprint density at radius 1 is 1.46 bits per heavy atom. The second-order valence-corrected chi connectivity index (χ2v) is 6.04. The van der Waals surface area contributed by atoms with E-state index in [2.05, 4.69) is 17.2 Å². The first-order valence-corrected chi connectivity index (χ1v) is 6.89. The van der Waals surface area contributed by atoms with Gasteiger partial charge in [0.15, 0.2) is 9.03 Å². The van der Waals surface area contributed by atoms with Gasteiger partial charge in [-0.2, -0.15) is 5.11 Å². The smallest absolute Gasteiger partial charge is 0.161 e. The Kier molecular flexibility index (Phi) is 5.98. The third-order valence-corrected chi connectivity index (χ3v) is 4.24. The van der Waals surface area contributed by atoms with Crippen LogP contribution in [0.2, 0.25) is 0 Å². The van der Waals surface area contributed by atoms with Gasteiger partial charge in [-0.05, 0) is 24.4 Å². The van der Waals surface area contributed by atoms with Crippen LogP contribution in [0.4, 0.5) is 0 Å². The lowest BCUT2D eigenvalue weighted by molar-refractivity contribution is 0.706. The fraction of sp³-hybridized carbons (Fsp3) is 0.875. The average Bonchev–Trinajstić information content (AvgIpc) is 2.51. The highest BCUT2D eigenvalue weighted by atomic mass is 32.2. The molecule has 0 radical (unpaired) electrons. The minimum atomic E-state index is 0.245. The van der Waals surface area contributed by atoms with Gasteiger partial charge in [0.1, 0.15) is 0 Å². The third kappa shape index (κ3) is 4.98. The van der Waals surface area contributed by atoms with E-state index >= 15 is 0 Å². The molecule has 1 atom stereocenters. The largest absolute Gasteiger partial charge is 0.184 e. The summed E-state index contributed by atoms with van der Waals surface area (Å²) in [5.41, 5.74) is 0. The zero-order valence-corrected chi connectivity index (χ0v) is 10.2. The van der Waals surface area contributed by atoms with Gasteiger partial charge in [0.25, 0.3) is 0 Å². The second-order valence-electron chi connectivity index (χ2n) is 2.84. The molecule has 1 aliphatic rings. The van der Waals surface area contributed by atoms with Gasteiger partial charge in [0.05, 0.1) is 0 Å². The first-order chi connectivity index (χ1) is 6.33. The second kappa shape index (κ2) is 6.79. The Labute approximate surface area is 93.3 Å². The fourth-order valence-corrected chi connectivity index (χ4v) is 3.39. The van der Waals surface area contributed by atoms with Crippen molar-refractivity contribution < 1.29 is 0 Å². The van der Waals surface area contributed by atoms with E-state index in [1.165, 1.54) is 31.4 Å². The van der Waals surface area contributed by atoms with Crippen LogP contribution in [0.15, 0.2) is 10.2 Å². The number of azo groups is 1. The molecule has 1 unspecified atom stereocenters. The molecule has 0 saturated heterocycles. The van der Waals surface area contributed by atoms with Crippen molar-refractivity contribution in [2.75, 3.05) is 5.75 Å². The van der Waals surface area contributed by atoms with E-state index in [-0.39, 0.29) is 4.71 Å². The summed E-state index contributed by atoms with van der Waals surface area (Å²) in [5.74, 6) is 1.18. The van der Waals surface area contributed by atoms with Crippen molar-refractivity contribution in [2.24, 2.45) is 10.2 Å². The molecule has 1 heterocycles. The maximum Gasteiger partial charge on any atom is 0.184 e. The molecule has 0 aromatic carbocycles. The SMILES string of the molecule is CCCCCCSC1N=NC(=S)S1. The Morgan fingerprint density at radius 3 is 2.92 bits per heavy atom. The molecule has 0 amide bonds. The minimum absolute atomic E-state index is 0.245. The van der Waals surface area contributed by atoms with Crippen molar-refractivity contribution >= 4 is 40.1 Å². The Bertz CT molecular complexity index is 194. The number of rotatable bonds is 6. The van der Waals surface area contributed by atoms with Crippen molar-refractivity contribution in [3.05, 3.63) is 0 Å². The van der Waals surface area contributed by atoms with Crippen LogP contribution in [0.3, 0.4) is 0 Å². The Balaban J connectivity index is 1.95. The highest BCUT2D eigenvalue weighted by Crippen LogP contribution is 2.32. The molecule has 13 heavy (non-hydrogen) atoms. The van der Waals surface area contributed by atoms with Crippen molar-refractivity contribution in [3.63, 3.8) is 0 Å². The predicted molar refractivity (Wildman–Crippen MR) is 65.4 cm³/mol. The maximum absolute atomic E-state index is 4.91. The number of hydrogen-bond acceptors (Lipinski definition) is 4. The summed E-state index contributed by atoms with van der Waals surface area (Å²) in [7, 11) is 0. The van der Waals surface area contributed by atoms with Crippen molar-refractivity contribution in [2.45, 2.75) is 37.3 Å². The van der Waals surface area contributed by atoms with Gasteiger partial charge in [-0.3, -0.25) is 0 Å². The van der Waals surface area contributed by atoms with Crippen molar-refractivity contribution in [3.8, 4) is 0 Å². The summed E-state index contributed by atoms with van der Waals surface area (Å²) in [5, 5.41) is 7.88. The first-order valence-electron chi connectivity index (χ1n) is 4.56. The van der Waals surface area contributed by atoms with Crippen LogP contribution in [0.1, 0.15) is 32.6 Å². The van der Waals surface area contributed by atoms with Gasteiger partial charge in [0, 0.05) is 0 Å². The molecule has 0 saturated carbocycles.